The molecule has 0 fully saturated rings. The van der Waals surface area contributed by atoms with E-state index in [1.54, 1.807) is 24.7 Å². The van der Waals surface area contributed by atoms with Gasteiger partial charge in [-0.15, -0.1) is 0 Å². The van der Waals surface area contributed by atoms with Crippen LogP contribution in [-0.2, 0) is 6.54 Å². The molecule has 5 heteroatoms. The molecule has 1 aromatic carbocycles. The molecule has 1 amide bonds. The predicted molar refractivity (Wildman–Crippen MR) is 94.1 cm³/mol. The third kappa shape index (κ3) is 3.76. The Kier molecular flexibility index (Phi) is 4.81. The number of carbonyl (C=O) groups excluding carboxylic acids is 1. The lowest BCUT2D eigenvalue weighted by Crippen LogP contribution is -2.24. The molecule has 0 atom stereocenters. The van der Waals surface area contributed by atoms with Crippen LogP contribution in [0.4, 0.5) is 11.4 Å². The fraction of sp³-hybridized carbons (Fsp3) is 0.105. The molecular weight excluding hydrogens is 300 g/mol. The summed E-state index contributed by atoms with van der Waals surface area (Å²) in [7, 11) is 1.96. The summed E-state index contributed by atoms with van der Waals surface area (Å²) >= 11 is 0. The smallest absolute Gasteiger partial charge is 0.270 e. The number of para-hydroxylation sites is 1. The van der Waals surface area contributed by atoms with Crippen molar-refractivity contribution in [3.63, 3.8) is 0 Å². The van der Waals surface area contributed by atoms with Gasteiger partial charge < -0.3 is 10.2 Å². The van der Waals surface area contributed by atoms with Crippen LogP contribution in [0.1, 0.15) is 16.1 Å². The Morgan fingerprint density at radius 1 is 1.04 bits per heavy atom. The van der Waals surface area contributed by atoms with E-state index in [2.05, 4.69) is 15.3 Å². The number of pyridine rings is 2. The van der Waals surface area contributed by atoms with Gasteiger partial charge in [-0.05, 0) is 35.9 Å². The van der Waals surface area contributed by atoms with E-state index in [1.165, 1.54) is 0 Å². The minimum atomic E-state index is -0.206. The Balaban J connectivity index is 1.71. The number of nitrogens with zero attached hydrogens (tertiary/aromatic N) is 3. The van der Waals surface area contributed by atoms with Crippen molar-refractivity contribution in [2.75, 3.05) is 11.9 Å². The van der Waals surface area contributed by atoms with Crippen molar-refractivity contribution in [2.24, 2.45) is 0 Å². The van der Waals surface area contributed by atoms with Crippen molar-refractivity contribution in [3.05, 3.63) is 84.4 Å². The van der Waals surface area contributed by atoms with Crippen molar-refractivity contribution in [2.45, 2.75) is 6.54 Å². The second kappa shape index (κ2) is 7.37. The van der Waals surface area contributed by atoms with Crippen molar-refractivity contribution >= 4 is 17.3 Å². The maximum absolute atomic E-state index is 12.3. The molecule has 2 aromatic heterocycles. The van der Waals surface area contributed by atoms with Crippen molar-refractivity contribution < 1.29 is 4.79 Å². The summed E-state index contributed by atoms with van der Waals surface area (Å²) in [5.74, 6) is -0.206. The zero-order chi connectivity index (χ0) is 16.8. The molecule has 1 N–H and O–H groups in total. The first-order valence-corrected chi connectivity index (χ1v) is 7.66. The molecular formula is C19H18N4O. The standard InChI is InChI=1S/C19H18N4O/c1-23(16-7-3-2-4-8-16)17-9-11-21-18(12-17)19(24)22-14-15-6-5-10-20-13-15/h2-13H,14H2,1H3,(H,22,24). The molecule has 0 aliphatic carbocycles. The minimum absolute atomic E-state index is 0.206. The number of hydrogen-bond donors (Lipinski definition) is 1. The van der Waals surface area contributed by atoms with Crippen LogP contribution in [0.25, 0.3) is 0 Å². The number of aromatic nitrogens is 2. The van der Waals surface area contributed by atoms with Gasteiger partial charge in [0.15, 0.2) is 0 Å². The van der Waals surface area contributed by atoms with Crippen LogP contribution in [-0.4, -0.2) is 22.9 Å². The van der Waals surface area contributed by atoms with Crippen LogP contribution in [0.3, 0.4) is 0 Å². The van der Waals surface area contributed by atoms with Crippen LogP contribution in [0.2, 0.25) is 0 Å². The molecule has 0 unspecified atom stereocenters. The Morgan fingerprint density at radius 3 is 2.62 bits per heavy atom. The first kappa shape index (κ1) is 15.7. The van der Waals surface area contributed by atoms with E-state index in [9.17, 15) is 4.79 Å². The Bertz CT molecular complexity index is 806. The van der Waals surface area contributed by atoms with Crippen molar-refractivity contribution in [1.82, 2.24) is 15.3 Å². The van der Waals surface area contributed by atoms with Crippen LogP contribution in [0.5, 0.6) is 0 Å². The van der Waals surface area contributed by atoms with Gasteiger partial charge in [0.25, 0.3) is 5.91 Å². The summed E-state index contributed by atoms with van der Waals surface area (Å²) in [4.78, 5) is 22.5. The molecule has 5 nitrogen and oxygen atoms in total. The van der Waals surface area contributed by atoms with Crippen LogP contribution in [0.15, 0.2) is 73.2 Å². The molecule has 0 spiro atoms. The lowest BCUT2D eigenvalue weighted by Gasteiger charge is -2.19. The number of carbonyl (C=O) groups is 1. The molecule has 0 radical (unpaired) electrons. The van der Waals surface area contributed by atoms with E-state index in [1.807, 2.05) is 60.5 Å². The van der Waals surface area contributed by atoms with Gasteiger partial charge in [-0.25, -0.2) is 0 Å². The van der Waals surface area contributed by atoms with E-state index in [4.69, 9.17) is 0 Å². The number of hydrogen-bond acceptors (Lipinski definition) is 4. The first-order chi connectivity index (χ1) is 11.7. The summed E-state index contributed by atoms with van der Waals surface area (Å²) in [5.41, 5.74) is 3.29. The zero-order valence-corrected chi connectivity index (χ0v) is 13.4. The van der Waals surface area contributed by atoms with Crippen LogP contribution in [0, 0.1) is 0 Å². The Labute approximate surface area is 141 Å². The second-order valence-corrected chi connectivity index (χ2v) is 5.34. The molecule has 0 saturated heterocycles. The van der Waals surface area contributed by atoms with Gasteiger partial charge in [0, 0.05) is 43.6 Å². The number of amides is 1. The monoisotopic (exact) mass is 318 g/mol. The maximum atomic E-state index is 12.3. The van der Waals surface area contributed by atoms with E-state index in [0.717, 1.165) is 16.9 Å². The topological polar surface area (TPSA) is 58.1 Å². The Hall–Kier alpha value is -3.21. The molecule has 0 aliphatic rings. The molecule has 0 saturated carbocycles. The van der Waals surface area contributed by atoms with Gasteiger partial charge in [-0.1, -0.05) is 24.3 Å². The summed E-state index contributed by atoms with van der Waals surface area (Å²) in [6, 6.07) is 17.4. The molecule has 120 valence electrons. The van der Waals surface area contributed by atoms with E-state index in [-0.39, 0.29) is 5.91 Å². The van der Waals surface area contributed by atoms with Gasteiger partial charge in [0.05, 0.1) is 0 Å². The average Bonchev–Trinajstić information content (AvgIpc) is 2.67. The third-order valence-electron chi connectivity index (χ3n) is 3.68. The lowest BCUT2D eigenvalue weighted by molar-refractivity contribution is 0.0946. The fourth-order valence-corrected chi connectivity index (χ4v) is 2.33. The normalized spacial score (nSPS) is 10.2. The average molecular weight is 318 g/mol. The molecule has 2 heterocycles. The third-order valence-corrected chi connectivity index (χ3v) is 3.68. The maximum Gasteiger partial charge on any atom is 0.270 e. The van der Waals surface area contributed by atoms with Gasteiger partial charge in [-0.2, -0.15) is 0 Å². The molecule has 3 aromatic rings. The van der Waals surface area contributed by atoms with Gasteiger partial charge in [0.2, 0.25) is 0 Å². The minimum Gasteiger partial charge on any atom is -0.347 e. The highest BCUT2D eigenvalue weighted by atomic mass is 16.1. The largest absolute Gasteiger partial charge is 0.347 e. The second-order valence-electron chi connectivity index (χ2n) is 5.34. The number of benzene rings is 1. The van der Waals surface area contributed by atoms with Crippen molar-refractivity contribution in [1.29, 1.82) is 0 Å². The summed E-state index contributed by atoms with van der Waals surface area (Å²) in [5, 5.41) is 2.86. The van der Waals surface area contributed by atoms with Gasteiger partial charge in [0.1, 0.15) is 5.69 Å². The van der Waals surface area contributed by atoms with Crippen LogP contribution >= 0.6 is 0 Å². The highest BCUT2D eigenvalue weighted by Crippen LogP contribution is 2.23. The number of nitrogens with one attached hydrogen (secondary N) is 1. The molecule has 3 rings (SSSR count). The lowest BCUT2D eigenvalue weighted by atomic mass is 10.2. The summed E-state index contributed by atoms with van der Waals surface area (Å²) < 4.78 is 0. The number of anilines is 2. The molecule has 24 heavy (non-hydrogen) atoms. The van der Waals surface area contributed by atoms with E-state index < -0.39 is 0 Å². The zero-order valence-electron chi connectivity index (χ0n) is 13.4. The van der Waals surface area contributed by atoms with Gasteiger partial charge >= 0.3 is 0 Å². The van der Waals surface area contributed by atoms with Gasteiger partial charge in [-0.3, -0.25) is 14.8 Å². The van der Waals surface area contributed by atoms with Crippen molar-refractivity contribution in [3.8, 4) is 0 Å². The SMILES string of the molecule is CN(c1ccccc1)c1ccnc(C(=O)NCc2cccnc2)c1. The van der Waals surface area contributed by atoms with Crippen LogP contribution < -0.4 is 10.2 Å². The highest BCUT2D eigenvalue weighted by Gasteiger charge is 2.10. The Morgan fingerprint density at radius 2 is 1.88 bits per heavy atom. The molecule has 0 bridgehead atoms. The quantitative estimate of drug-likeness (QED) is 0.785. The number of rotatable bonds is 5. The summed E-state index contributed by atoms with van der Waals surface area (Å²) in [6.07, 6.45) is 5.08. The summed E-state index contributed by atoms with van der Waals surface area (Å²) in [6.45, 7) is 0.424. The van der Waals surface area contributed by atoms with E-state index in [0.29, 0.717) is 12.2 Å². The highest BCUT2D eigenvalue weighted by molar-refractivity contribution is 5.93. The predicted octanol–water partition coefficient (Wildman–Crippen LogP) is 3.17. The van der Waals surface area contributed by atoms with E-state index >= 15 is 0 Å². The molecule has 0 aliphatic heterocycles. The fourth-order valence-electron chi connectivity index (χ4n) is 2.33. The first-order valence-electron chi connectivity index (χ1n) is 7.66.